The Morgan fingerprint density at radius 3 is 2.23 bits per heavy atom. The fourth-order valence-electron chi connectivity index (χ4n) is 4.42. The van der Waals surface area contributed by atoms with E-state index in [0.717, 1.165) is 5.56 Å². The number of H-pyrrole nitrogens is 1. The molecule has 5 rings (SSSR count). The summed E-state index contributed by atoms with van der Waals surface area (Å²) in [7, 11) is -3.87. The Balaban J connectivity index is 1.90. The lowest BCUT2D eigenvalue weighted by Gasteiger charge is -2.19. The second-order valence-electron chi connectivity index (χ2n) is 8.96. The molecule has 5 aromatic rings. The van der Waals surface area contributed by atoms with Crippen LogP contribution < -0.4 is 16.0 Å². The minimum absolute atomic E-state index is 0.00536. The number of anilines is 2. The van der Waals surface area contributed by atoms with Crippen LogP contribution in [0.25, 0.3) is 27.8 Å². The number of carbonyl (C=O) groups is 1. The van der Waals surface area contributed by atoms with Crippen LogP contribution >= 0.6 is 12.2 Å². The lowest BCUT2D eigenvalue weighted by molar-refractivity contribution is 0.101. The van der Waals surface area contributed by atoms with Crippen LogP contribution in [0.1, 0.15) is 22.8 Å². The number of Topliss-reactive ketones (excluding diaryl/α,β-unsaturated/α-hetero) is 1. The number of nitrogens with zero attached hydrogens (tertiary/aromatic N) is 2. The van der Waals surface area contributed by atoms with Gasteiger partial charge in [0, 0.05) is 11.3 Å². The van der Waals surface area contributed by atoms with Gasteiger partial charge in [0.2, 0.25) is 10.0 Å². The summed E-state index contributed by atoms with van der Waals surface area (Å²) >= 11 is 5.45. The predicted octanol–water partition coefficient (Wildman–Crippen LogP) is 5.01. The van der Waals surface area contributed by atoms with E-state index in [0.29, 0.717) is 33.7 Å². The Hall–Kier alpha value is -4.45. The quantitative estimate of drug-likeness (QED) is 0.197. The number of nitrogens with one attached hydrogen (secondary N) is 2. The molecule has 0 unspecified atom stereocenters. The zero-order chi connectivity index (χ0) is 27.9. The fourth-order valence-corrected chi connectivity index (χ4v) is 5.12. The Morgan fingerprint density at radius 1 is 1.00 bits per heavy atom. The van der Waals surface area contributed by atoms with Gasteiger partial charge in [-0.3, -0.25) is 14.2 Å². The van der Waals surface area contributed by atoms with Crippen LogP contribution in [0.2, 0.25) is 0 Å². The SMILES string of the molecule is CC(=O)c1c(-c2ccccc2)c2c(Nc3ccc(S(N)(=O)=O)cc3)[nH]c(=S)nc2n(-c2ccc(C)cc2)c1=O. The number of hydrogen-bond acceptors (Lipinski definition) is 7. The third-order valence-corrected chi connectivity index (χ3v) is 7.32. The first-order valence-electron chi connectivity index (χ1n) is 11.8. The minimum Gasteiger partial charge on any atom is -0.341 e. The molecule has 0 amide bonds. The lowest BCUT2D eigenvalue weighted by Crippen LogP contribution is -2.27. The number of sulfonamides is 1. The number of fused-ring (bicyclic) bond motifs is 1. The van der Waals surface area contributed by atoms with Crippen LogP contribution in [0.4, 0.5) is 11.5 Å². The molecule has 0 aliphatic rings. The first kappa shape index (κ1) is 26.2. The van der Waals surface area contributed by atoms with Gasteiger partial charge < -0.3 is 10.3 Å². The average molecular weight is 558 g/mol. The Kier molecular flexibility index (Phi) is 6.73. The molecule has 196 valence electrons. The van der Waals surface area contributed by atoms with Gasteiger partial charge in [0.1, 0.15) is 5.82 Å². The number of pyridine rings is 1. The highest BCUT2D eigenvalue weighted by Crippen LogP contribution is 2.36. The number of ketones is 1. The van der Waals surface area contributed by atoms with E-state index >= 15 is 0 Å². The maximum atomic E-state index is 14.0. The highest BCUT2D eigenvalue weighted by molar-refractivity contribution is 7.89. The van der Waals surface area contributed by atoms with E-state index in [4.69, 9.17) is 17.4 Å². The molecule has 2 aromatic heterocycles. The first-order valence-corrected chi connectivity index (χ1v) is 13.8. The van der Waals surface area contributed by atoms with E-state index in [1.807, 2.05) is 49.4 Å². The molecular formula is C28H23N5O4S2. The molecule has 0 atom stereocenters. The molecule has 0 saturated heterocycles. The molecule has 0 aliphatic carbocycles. The zero-order valence-corrected chi connectivity index (χ0v) is 22.6. The van der Waals surface area contributed by atoms with Crippen molar-refractivity contribution in [2.75, 3.05) is 5.32 Å². The van der Waals surface area contributed by atoms with E-state index in [1.165, 1.54) is 23.6 Å². The van der Waals surface area contributed by atoms with Gasteiger partial charge >= 0.3 is 0 Å². The molecule has 9 nitrogen and oxygen atoms in total. The Morgan fingerprint density at radius 2 is 1.64 bits per heavy atom. The van der Waals surface area contributed by atoms with Crippen LogP contribution in [-0.2, 0) is 10.0 Å². The normalized spacial score (nSPS) is 11.5. The molecule has 0 spiro atoms. The van der Waals surface area contributed by atoms with Gasteiger partial charge in [-0.1, -0.05) is 48.0 Å². The molecule has 0 saturated carbocycles. The van der Waals surface area contributed by atoms with Gasteiger partial charge in [-0.15, -0.1) is 0 Å². The highest BCUT2D eigenvalue weighted by Gasteiger charge is 2.25. The van der Waals surface area contributed by atoms with Gasteiger partial charge in [-0.25, -0.2) is 18.5 Å². The summed E-state index contributed by atoms with van der Waals surface area (Å²) in [4.78, 5) is 34.6. The van der Waals surface area contributed by atoms with Gasteiger partial charge in [0.15, 0.2) is 16.2 Å². The number of benzene rings is 3. The van der Waals surface area contributed by atoms with Gasteiger partial charge in [0.25, 0.3) is 5.56 Å². The van der Waals surface area contributed by atoms with Crippen molar-refractivity contribution in [1.29, 1.82) is 0 Å². The Labute approximate surface area is 229 Å². The molecule has 0 fully saturated rings. The maximum Gasteiger partial charge on any atom is 0.268 e. The molecule has 39 heavy (non-hydrogen) atoms. The number of primary sulfonamides is 1. The summed E-state index contributed by atoms with van der Waals surface area (Å²) in [5, 5.41) is 8.92. The standard InChI is InChI=1S/C28H23N5O4S2/c1-16-8-12-20(13-9-16)33-26-24(23(18-6-4-3-5-7-18)22(17(2)34)27(33)35)25(31-28(38)32-26)30-19-10-14-21(15-11-19)39(29,36)37/h3-15H,1-2H3,(H2,29,36,37)(H2,30,31,32,38). The van der Waals surface area contributed by atoms with Crippen LogP contribution in [0.5, 0.6) is 0 Å². The highest BCUT2D eigenvalue weighted by atomic mass is 32.2. The van der Waals surface area contributed by atoms with Crippen molar-refractivity contribution in [3.05, 3.63) is 105 Å². The fraction of sp³-hybridized carbons (Fsp3) is 0.0714. The third kappa shape index (κ3) is 5.02. The monoisotopic (exact) mass is 557 g/mol. The number of hydrogen-bond donors (Lipinski definition) is 3. The number of rotatable bonds is 6. The van der Waals surface area contributed by atoms with E-state index in [2.05, 4.69) is 15.3 Å². The molecule has 3 aromatic carbocycles. The van der Waals surface area contributed by atoms with Crippen molar-refractivity contribution in [2.24, 2.45) is 5.14 Å². The van der Waals surface area contributed by atoms with Crippen LogP contribution in [0.3, 0.4) is 0 Å². The van der Waals surface area contributed by atoms with Crippen LogP contribution in [0, 0.1) is 11.7 Å². The molecule has 0 aliphatic heterocycles. The summed E-state index contributed by atoms with van der Waals surface area (Å²) in [6.07, 6.45) is 0. The molecular weight excluding hydrogens is 534 g/mol. The van der Waals surface area contributed by atoms with Crippen molar-refractivity contribution < 1.29 is 13.2 Å². The number of nitrogens with two attached hydrogens (primary N) is 1. The topological polar surface area (TPSA) is 140 Å². The maximum absolute atomic E-state index is 14.0. The Bertz CT molecular complexity index is 1960. The smallest absolute Gasteiger partial charge is 0.268 e. The van der Waals surface area contributed by atoms with Crippen molar-refractivity contribution >= 4 is 50.6 Å². The van der Waals surface area contributed by atoms with E-state index < -0.39 is 21.4 Å². The molecule has 11 heteroatoms. The van der Waals surface area contributed by atoms with Gasteiger partial charge in [0.05, 0.1) is 21.5 Å². The predicted molar refractivity (Wildman–Crippen MR) is 154 cm³/mol. The molecule has 4 N–H and O–H groups in total. The largest absolute Gasteiger partial charge is 0.341 e. The molecule has 0 radical (unpaired) electrons. The summed E-state index contributed by atoms with van der Waals surface area (Å²) in [6.45, 7) is 3.29. The zero-order valence-electron chi connectivity index (χ0n) is 20.9. The van der Waals surface area contributed by atoms with Gasteiger partial charge in [-0.05, 0) is 68.0 Å². The van der Waals surface area contributed by atoms with E-state index in [-0.39, 0.29) is 20.9 Å². The second-order valence-corrected chi connectivity index (χ2v) is 10.9. The number of aromatic nitrogens is 3. The second kappa shape index (κ2) is 10.0. The number of aryl methyl sites for hydroxylation is 1. The van der Waals surface area contributed by atoms with Crippen molar-refractivity contribution in [3.8, 4) is 16.8 Å². The van der Waals surface area contributed by atoms with E-state index in [9.17, 15) is 18.0 Å². The van der Waals surface area contributed by atoms with Gasteiger partial charge in [-0.2, -0.15) is 0 Å². The molecule has 0 bridgehead atoms. The van der Waals surface area contributed by atoms with Crippen molar-refractivity contribution in [1.82, 2.24) is 14.5 Å². The lowest BCUT2D eigenvalue weighted by atomic mass is 9.95. The summed E-state index contributed by atoms with van der Waals surface area (Å²) < 4.78 is 24.9. The summed E-state index contributed by atoms with van der Waals surface area (Å²) in [5.74, 6) is -0.0388. The summed E-state index contributed by atoms with van der Waals surface area (Å²) in [5.41, 5.74) is 2.80. The average Bonchev–Trinajstić information content (AvgIpc) is 2.89. The van der Waals surface area contributed by atoms with Crippen LogP contribution in [-0.4, -0.2) is 28.7 Å². The minimum atomic E-state index is -3.87. The molecule has 2 heterocycles. The van der Waals surface area contributed by atoms with Crippen LogP contribution in [0.15, 0.2) is 88.6 Å². The van der Waals surface area contributed by atoms with Crippen molar-refractivity contribution in [3.63, 3.8) is 0 Å². The number of carbonyl (C=O) groups excluding carboxylic acids is 1. The first-order chi connectivity index (χ1) is 18.5. The van der Waals surface area contributed by atoms with E-state index in [1.54, 1.807) is 24.3 Å². The summed E-state index contributed by atoms with van der Waals surface area (Å²) in [6, 6.07) is 22.2. The third-order valence-electron chi connectivity index (χ3n) is 6.20. The van der Waals surface area contributed by atoms with Crippen molar-refractivity contribution in [2.45, 2.75) is 18.7 Å². The number of aromatic amines is 1.